The molecule has 1 fully saturated rings. The van der Waals surface area contributed by atoms with Crippen molar-refractivity contribution >= 4 is 0 Å². The number of benzene rings is 1. The van der Waals surface area contributed by atoms with E-state index >= 15 is 0 Å². The standard InChI is InChI=1S/C16H25FN2O/c1-2-8-18-10-12-19(13-11-18)9-3-14-20-16-6-4-15(17)5-7-16/h4-7H,2-3,8-14H2,1H3. The number of rotatable bonds is 7. The largest absolute Gasteiger partial charge is 0.494 e. The van der Waals surface area contributed by atoms with Gasteiger partial charge < -0.3 is 14.5 Å². The van der Waals surface area contributed by atoms with Gasteiger partial charge in [0, 0.05) is 32.7 Å². The van der Waals surface area contributed by atoms with Crippen molar-refractivity contribution in [1.29, 1.82) is 0 Å². The van der Waals surface area contributed by atoms with Crippen LogP contribution in [0.1, 0.15) is 19.8 Å². The molecular weight excluding hydrogens is 255 g/mol. The minimum atomic E-state index is -0.220. The van der Waals surface area contributed by atoms with Crippen molar-refractivity contribution < 1.29 is 9.13 Å². The topological polar surface area (TPSA) is 15.7 Å². The Labute approximate surface area is 121 Å². The Kier molecular flexibility index (Phi) is 6.27. The van der Waals surface area contributed by atoms with Crippen molar-refractivity contribution in [2.45, 2.75) is 19.8 Å². The van der Waals surface area contributed by atoms with Crippen LogP contribution in [0.2, 0.25) is 0 Å². The molecule has 0 N–H and O–H groups in total. The summed E-state index contributed by atoms with van der Waals surface area (Å²) in [6, 6.07) is 6.22. The zero-order valence-electron chi connectivity index (χ0n) is 12.4. The molecular formula is C16H25FN2O. The first-order valence-corrected chi connectivity index (χ1v) is 7.61. The van der Waals surface area contributed by atoms with Crippen LogP contribution in [0.4, 0.5) is 4.39 Å². The van der Waals surface area contributed by atoms with E-state index in [4.69, 9.17) is 4.74 Å². The molecule has 3 nitrogen and oxygen atoms in total. The van der Waals surface area contributed by atoms with Gasteiger partial charge in [-0.15, -0.1) is 0 Å². The van der Waals surface area contributed by atoms with Gasteiger partial charge in [0.25, 0.3) is 0 Å². The average Bonchev–Trinajstić information content (AvgIpc) is 2.47. The van der Waals surface area contributed by atoms with E-state index in [1.165, 1.54) is 38.2 Å². The van der Waals surface area contributed by atoms with Crippen LogP contribution in [0.15, 0.2) is 24.3 Å². The molecule has 0 aromatic heterocycles. The summed E-state index contributed by atoms with van der Waals surface area (Å²) in [6.45, 7) is 9.94. The van der Waals surface area contributed by atoms with Gasteiger partial charge in [-0.05, 0) is 43.7 Å². The van der Waals surface area contributed by atoms with E-state index < -0.39 is 0 Å². The molecule has 4 heteroatoms. The summed E-state index contributed by atoms with van der Waals surface area (Å²) in [6.07, 6.45) is 2.26. The van der Waals surface area contributed by atoms with Crippen molar-refractivity contribution in [1.82, 2.24) is 9.80 Å². The van der Waals surface area contributed by atoms with Crippen LogP contribution in [-0.2, 0) is 0 Å². The predicted octanol–water partition coefficient (Wildman–Crippen LogP) is 2.62. The Hall–Kier alpha value is -1.13. The molecule has 1 aromatic rings. The lowest BCUT2D eigenvalue weighted by Crippen LogP contribution is -2.46. The van der Waals surface area contributed by atoms with E-state index in [0.717, 1.165) is 31.8 Å². The maximum atomic E-state index is 12.7. The number of hydrogen-bond acceptors (Lipinski definition) is 3. The maximum absolute atomic E-state index is 12.7. The molecule has 1 heterocycles. The lowest BCUT2D eigenvalue weighted by atomic mass is 10.3. The van der Waals surface area contributed by atoms with Gasteiger partial charge in [0.15, 0.2) is 0 Å². The van der Waals surface area contributed by atoms with Crippen LogP contribution in [0.5, 0.6) is 5.75 Å². The van der Waals surface area contributed by atoms with Crippen LogP contribution >= 0.6 is 0 Å². The first kappa shape index (κ1) is 15.3. The molecule has 1 saturated heterocycles. The number of piperazine rings is 1. The smallest absolute Gasteiger partial charge is 0.123 e. The van der Waals surface area contributed by atoms with Gasteiger partial charge in [-0.3, -0.25) is 0 Å². The highest BCUT2D eigenvalue weighted by Gasteiger charge is 2.15. The Bertz CT molecular complexity index is 375. The summed E-state index contributed by atoms with van der Waals surface area (Å²) in [5.41, 5.74) is 0. The first-order valence-electron chi connectivity index (χ1n) is 7.61. The second-order valence-electron chi connectivity index (χ2n) is 5.34. The van der Waals surface area contributed by atoms with E-state index in [0.29, 0.717) is 6.61 Å². The molecule has 0 unspecified atom stereocenters. The molecule has 112 valence electrons. The summed E-state index contributed by atoms with van der Waals surface area (Å²) in [4.78, 5) is 5.03. The van der Waals surface area contributed by atoms with E-state index in [9.17, 15) is 4.39 Å². The minimum absolute atomic E-state index is 0.220. The average molecular weight is 280 g/mol. The predicted molar refractivity (Wildman–Crippen MR) is 79.7 cm³/mol. The van der Waals surface area contributed by atoms with E-state index in [2.05, 4.69) is 16.7 Å². The van der Waals surface area contributed by atoms with Crippen LogP contribution in [-0.4, -0.2) is 55.7 Å². The fourth-order valence-electron chi connectivity index (χ4n) is 2.56. The molecule has 1 aliphatic heterocycles. The van der Waals surface area contributed by atoms with Gasteiger partial charge in [0.2, 0.25) is 0 Å². The van der Waals surface area contributed by atoms with Gasteiger partial charge in [0.05, 0.1) is 6.61 Å². The molecule has 0 atom stereocenters. The van der Waals surface area contributed by atoms with Crippen LogP contribution in [0.25, 0.3) is 0 Å². The zero-order valence-corrected chi connectivity index (χ0v) is 12.4. The highest BCUT2D eigenvalue weighted by molar-refractivity contribution is 5.21. The summed E-state index contributed by atoms with van der Waals surface area (Å²) in [5, 5.41) is 0. The molecule has 1 aromatic carbocycles. The highest BCUT2D eigenvalue weighted by atomic mass is 19.1. The van der Waals surface area contributed by atoms with E-state index in [1.807, 2.05) is 0 Å². The van der Waals surface area contributed by atoms with Gasteiger partial charge in [0.1, 0.15) is 11.6 Å². The molecule has 0 amide bonds. The monoisotopic (exact) mass is 280 g/mol. The molecule has 0 aliphatic carbocycles. The third-order valence-corrected chi connectivity index (χ3v) is 3.71. The third-order valence-electron chi connectivity index (χ3n) is 3.71. The molecule has 0 spiro atoms. The first-order chi connectivity index (χ1) is 9.78. The lowest BCUT2D eigenvalue weighted by molar-refractivity contribution is 0.126. The second kappa shape index (κ2) is 8.22. The van der Waals surface area contributed by atoms with Gasteiger partial charge >= 0.3 is 0 Å². The Morgan fingerprint density at radius 3 is 2.20 bits per heavy atom. The maximum Gasteiger partial charge on any atom is 0.123 e. The molecule has 2 rings (SSSR count). The molecule has 0 bridgehead atoms. The van der Waals surface area contributed by atoms with Gasteiger partial charge in [-0.1, -0.05) is 6.92 Å². The minimum Gasteiger partial charge on any atom is -0.494 e. The third kappa shape index (κ3) is 5.10. The normalized spacial score (nSPS) is 17.3. The summed E-state index contributed by atoms with van der Waals surface area (Å²) in [5.74, 6) is 0.529. The molecule has 20 heavy (non-hydrogen) atoms. The van der Waals surface area contributed by atoms with Crippen molar-refractivity contribution in [3.63, 3.8) is 0 Å². The number of halogens is 1. The summed E-state index contributed by atoms with van der Waals surface area (Å²) >= 11 is 0. The van der Waals surface area contributed by atoms with Crippen LogP contribution in [0, 0.1) is 5.82 Å². The Morgan fingerprint density at radius 2 is 1.60 bits per heavy atom. The Balaban J connectivity index is 1.56. The fraction of sp³-hybridized carbons (Fsp3) is 0.625. The molecule has 0 saturated carbocycles. The van der Waals surface area contributed by atoms with Gasteiger partial charge in [-0.25, -0.2) is 4.39 Å². The highest BCUT2D eigenvalue weighted by Crippen LogP contribution is 2.11. The molecule has 0 radical (unpaired) electrons. The van der Waals surface area contributed by atoms with E-state index in [1.54, 1.807) is 12.1 Å². The van der Waals surface area contributed by atoms with Crippen molar-refractivity contribution in [3.05, 3.63) is 30.1 Å². The molecule has 1 aliphatic rings. The summed E-state index contributed by atoms with van der Waals surface area (Å²) in [7, 11) is 0. The SMILES string of the molecule is CCCN1CCN(CCCOc2ccc(F)cc2)CC1. The van der Waals surface area contributed by atoms with Crippen molar-refractivity contribution in [2.24, 2.45) is 0 Å². The van der Waals surface area contributed by atoms with Gasteiger partial charge in [-0.2, -0.15) is 0 Å². The van der Waals surface area contributed by atoms with Crippen LogP contribution in [0.3, 0.4) is 0 Å². The zero-order chi connectivity index (χ0) is 14.2. The lowest BCUT2D eigenvalue weighted by Gasteiger charge is -2.34. The second-order valence-corrected chi connectivity index (χ2v) is 5.34. The number of ether oxygens (including phenoxy) is 1. The van der Waals surface area contributed by atoms with E-state index in [-0.39, 0.29) is 5.82 Å². The number of nitrogens with zero attached hydrogens (tertiary/aromatic N) is 2. The quantitative estimate of drug-likeness (QED) is 0.714. The van der Waals surface area contributed by atoms with Crippen LogP contribution < -0.4 is 4.74 Å². The summed E-state index contributed by atoms with van der Waals surface area (Å²) < 4.78 is 18.3. The van der Waals surface area contributed by atoms with Crippen molar-refractivity contribution in [3.8, 4) is 5.75 Å². The number of hydrogen-bond donors (Lipinski definition) is 0. The fourth-order valence-corrected chi connectivity index (χ4v) is 2.56. The Morgan fingerprint density at radius 1 is 1.00 bits per heavy atom. The van der Waals surface area contributed by atoms with Crippen molar-refractivity contribution in [2.75, 3.05) is 45.9 Å².